The predicted molar refractivity (Wildman–Crippen MR) is 79.0 cm³/mol. The van der Waals surface area contributed by atoms with Crippen molar-refractivity contribution in [1.82, 2.24) is 4.90 Å². The molecule has 1 fully saturated rings. The number of halogens is 1. The Balaban J connectivity index is 2.07. The molecule has 106 valence electrons. The molecule has 0 spiro atoms. The summed E-state index contributed by atoms with van der Waals surface area (Å²) >= 11 is 7.45. The summed E-state index contributed by atoms with van der Waals surface area (Å²) in [7, 11) is 1.45. The van der Waals surface area contributed by atoms with E-state index in [9.17, 15) is 4.79 Å². The molecule has 1 atom stereocenters. The Kier molecular flexibility index (Phi) is 5.67. The number of nitrogens with zero attached hydrogens (tertiary/aromatic N) is 1. The van der Waals surface area contributed by atoms with Gasteiger partial charge in [-0.1, -0.05) is 24.4 Å². The minimum absolute atomic E-state index is 0.164. The summed E-state index contributed by atoms with van der Waals surface area (Å²) in [6.45, 7) is 2.89. The smallest absolute Gasteiger partial charge is 0.315 e. The Labute approximate surface area is 123 Å². The van der Waals surface area contributed by atoms with Crippen molar-refractivity contribution in [2.45, 2.75) is 31.6 Å². The Bertz CT molecular complexity index is 413. The van der Waals surface area contributed by atoms with E-state index < -0.39 is 0 Å². The van der Waals surface area contributed by atoms with Crippen molar-refractivity contribution >= 4 is 28.9 Å². The van der Waals surface area contributed by atoms with Gasteiger partial charge in [0.05, 0.1) is 11.4 Å². The van der Waals surface area contributed by atoms with Gasteiger partial charge in [0.1, 0.15) is 5.92 Å². The zero-order valence-electron chi connectivity index (χ0n) is 11.2. The predicted octanol–water partition coefficient (Wildman–Crippen LogP) is 3.53. The first-order chi connectivity index (χ1) is 9.20. The van der Waals surface area contributed by atoms with Crippen LogP contribution in [-0.4, -0.2) is 37.6 Å². The third kappa shape index (κ3) is 4.20. The summed E-state index contributed by atoms with van der Waals surface area (Å²) in [6.07, 6.45) is 5.03. The molecule has 5 heteroatoms. The molecule has 3 nitrogen and oxygen atoms in total. The first kappa shape index (κ1) is 14.8. The third-order valence-electron chi connectivity index (χ3n) is 3.56. The average Bonchev–Trinajstić information content (AvgIpc) is 2.68. The van der Waals surface area contributed by atoms with Crippen LogP contribution >= 0.6 is 22.9 Å². The van der Waals surface area contributed by atoms with Crippen LogP contribution in [0.4, 0.5) is 0 Å². The van der Waals surface area contributed by atoms with Gasteiger partial charge in [-0.2, -0.15) is 0 Å². The molecule has 1 aromatic heterocycles. The SMILES string of the molecule is COC(=O)C(CN1CCCCCC1)c1ccc(Cl)s1. The summed E-state index contributed by atoms with van der Waals surface area (Å²) < 4.78 is 5.67. The van der Waals surface area contributed by atoms with E-state index in [1.54, 1.807) is 0 Å². The van der Waals surface area contributed by atoms with E-state index in [1.807, 2.05) is 12.1 Å². The highest BCUT2D eigenvalue weighted by molar-refractivity contribution is 7.16. The van der Waals surface area contributed by atoms with E-state index in [4.69, 9.17) is 16.3 Å². The van der Waals surface area contributed by atoms with Crippen LogP contribution in [-0.2, 0) is 9.53 Å². The summed E-state index contributed by atoms with van der Waals surface area (Å²) in [5, 5.41) is 0. The highest BCUT2D eigenvalue weighted by atomic mass is 35.5. The molecule has 2 heterocycles. The zero-order chi connectivity index (χ0) is 13.7. The van der Waals surface area contributed by atoms with Crippen molar-refractivity contribution < 1.29 is 9.53 Å². The number of esters is 1. The molecule has 19 heavy (non-hydrogen) atoms. The molecular formula is C14H20ClNO2S. The van der Waals surface area contributed by atoms with E-state index in [0.717, 1.165) is 28.8 Å². The van der Waals surface area contributed by atoms with Crippen LogP contribution in [0.25, 0.3) is 0 Å². The fourth-order valence-electron chi connectivity index (χ4n) is 2.52. The molecule has 0 bridgehead atoms. The average molecular weight is 302 g/mol. The summed E-state index contributed by atoms with van der Waals surface area (Å²) in [5.41, 5.74) is 0. The van der Waals surface area contributed by atoms with Crippen LogP contribution in [0.3, 0.4) is 0 Å². The van der Waals surface area contributed by atoms with Gasteiger partial charge in [-0.15, -0.1) is 11.3 Å². The lowest BCUT2D eigenvalue weighted by atomic mass is 10.1. The van der Waals surface area contributed by atoms with Gasteiger partial charge in [-0.05, 0) is 38.1 Å². The van der Waals surface area contributed by atoms with Crippen molar-refractivity contribution in [3.8, 4) is 0 Å². The van der Waals surface area contributed by atoms with Crippen molar-refractivity contribution in [2.75, 3.05) is 26.7 Å². The minimum Gasteiger partial charge on any atom is -0.468 e. The zero-order valence-corrected chi connectivity index (χ0v) is 12.8. The molecule has 1 saturated heterocycles. The van der Waals surface area contributed by atoms with Crippen molar-refractivity contribution in [2.24, 2.45) is 0 Å². The standard InChI is InChI=1S/C14H20ClNO2S/c1-18-14(17)11(12-6-7-13(15)19-12)10-16-8-4-2-3-5-9-16/h6-7,11H,2-5,8-10H2,1H3. The molecule has 0 aromatic carbocycles. The van der Waals surface area contributed by atoms with Crippen LogP contribution < -0.4 is 0 Å². The third-order valence-corrected chi connectivity index (χ3v) is 4.91. The second kappa shape index (κ2) is 7.27. The number of hydrogen-bond acceptors (Lipinski definition) is 4. The Hall–Kier alpha value is -0.580. The van der Waals surface area contributed by atoms with Gasteiger partial charge in [0, 0.05) is 11.4 Å². The number of carbonyl (C=O) groups excluding carboxylic acids is 1. The number of likely N-dealkylation sites (tertiary alicyclic amines) is 1. The molecule has 0 N–H and O–H groups in total. The fourth-order valence-corrected chi connectivity index (χ4v) is 3.66. The first-order valence-electron chi connectivity index (χ1n) is 6.76. The molecule has 0 radical (unpaired) electrons. The van der Waals surface area contributed by atoms with E-state index in [-0.39, 0.29) is 11.9 Å². The quantitative estimate of drug-likeness (QED) is 0.797. The van der Waals surface area contributed by atoms with Gasteiger partial charge in [-0.3, -0.25) is 4.79 Å². The molecule has 1 unspecified atom stereocenters. The second-order valence-electron chi connectivity index (χ2n) is 4.93. The summed E-state index contributed by atoms with van der Waals surface area (Å²) in [4.78, 5) is 15.4. The monoisotopic (exact) mass is 301 g/mol. The molecule has 1 aliphatic heterocycles. The van der Waals surface area contributed by atoms with Crippen molar-refractivity contribution in [3.05, 3.63) is 21.3 Å². The lowest BCUT2D eigenvalue weighted by Gasteiger charge is -2.24. The van der Waals surface area contributed by atoms with Crippen LogP contribution in [0.1, 0.15) is 36.5 Å². The number of hydrogen-bond donors (Lipinski definition) is 0. The summed E-state index contributed by atoms with van der Waals surface area (Å²) in [6, 6.07) is 3.78. The fraction of sp³-hybridized carbons (Fsp3) is 0.643. The van der Waals surface area contributed by atoms with E-state index >= 15 is 0 Å². The van der Waals surface area contributed by atoms with Crippen LogP contribution in [0.5, 0.6) is 0 Å². The molecule has 1 aromatic rings. The number of ether oxygens (including phenoxy) is 1. The van der Waals surface area contributed by atoms with Gasteiger partial charge >= 0.3 is 5.97 Å². The Morgan fingerprint density at radius 2 is 2.05 bits per heavy atom. The maximum absolute atomic E-state index is 12.0. The maximum atomic E-state index is 12.0. The highest BCUT2D eigenvalue weighted by Gasteiger charge is 2.26. The lowest BCUT2D eigenvalue weighted by molar-refractivity contribution is -0.142. The van der Waals surface area contributed by atoms with E-state index in [0.29, 0.717) is 0 Å². The number of methoxy groups -OCH3 is 1. The maximum Gasteiger partial charge on any atom is 0.315 e. The van der Waals surface area contributed by atoms with Crippen molar-refractivity contribution in [3.63, 3.8) is 0 Å². The Morgan fingerprint density at radius 1 is 1.37 bits per heavy atom. The Morgan fingerprint density at radius 3 is 2.58 bits per heavy atom. The second-order valence-corrected chi connectivity index (χ2v) is 6.68. The van der Waals surface area contributed by atoms with Crippen LogP contribution in [0.2, 0.25) is 4.34 Å². The highest BCUT2D eigenvalue weighted by Crippen LogP contribution is 2.30. The topological polar surface area (TPSA) is 29.5 Å². The van der Waals surface area contributed by atoms with Gasteiger partial charge in [0.25, 0.3) is 0 Å². The van der Waals surface area contributed by atoms with Crippen LogP contribution in [0, 0.1) is 0 Å². The van der Waals surface area contributed by atoms with Crippen LogP contribution in [0.15, 0.2) is 12.1 Å². The molecule has 2 rings (SSSR count). The van der Waals surface area contributed by atoms with E-state index in [2.05, 4.69) is 4.90 Å². The van der Waals surface area contributed by atoms with Gasteiger partial charge in [-0.25, -0.2) is 0 Å². The first-order valence-corrected chi connectivity index (χ1v) is 7.95. The molecular weight excluding hydrogens is 282 g/mol. The molecule has 0 aliphatic carbocycles. The number of thiophene rings is 1. The van der Waals surface area contributed by atoms with Gasteiger partial charge in [0.2, 0.25) is 0 Å². The normalized spacial score (nSPS) is 18.8. The van der Waals surface area contributed by atoms with Crippen molar-refractivity contribution in [1.29, 1.82) is 0 Å². The molecule has 0 saturated carbocycles. The lowest BCUT2D eigenvalue weighted by Crippen LogP contribution is -2.33. The number of carbonyl (C=O) groups is 1. The molecule has 1 aliphatic rings. The minimum atomic E-state index is -0.208. The largest absolute Gasteiger partial charge is 0.468 e. The van der Waals surface area contributed by atoms with E-state index in [1.165, 1.54) is 44.1 Å². The van der Waals surface area contributed by atoms with Gasteiger partial charge in [0.15, 0.2) is 0 Å². The summed E-state index contributed by atoms with van der Waals surface area (Å²) in [5.74, 6) is -0.372. The number of rotatable bonds is 4. The van der Waals surface area contributed by atoms with Gasteiger partial charge < -0.3 is 9.64 Å². The molecule has 0 amide bonds.